The van der Waals surface area contributed by atoms with Gasteiger partial charge in [-0.2, -0.15) is 0 Å². The van der Waals surface area contributed by atoms with Crippen LogP contribution in [-0.4, -0.2) is 22.5 Å². The predicted molar refractivity (Wildman–Crippen MR) is 102 cm³/mol. The van der Waals surface area contributed by atoms with Gasteiger partial charge in [-0.15, -0.1) is 0 Å². The molecule has 2 aromatic rings. The molecule has 0 aliphatic rings. The highest BCUT2D eigenvalue weighted by molar-refractivity contribution is 5.83. The Morgan fingerprint density at radius 1 is 1.00 bits per heavy atom. The van der Waals surface area contributed by atoms with Crippen molar-refractivity contribution in [3.05, 3.63) is 49.3 Å². The van der Waals surface area contributed by atoms with Crippen LogP contribution in [0.2, 0.25) is 0 Å². The fourth-order valence-corrected chi connectivity index (χ4v) is 2.44. The minimum absolute atomic E-state index is 0.456. The molecule has 5 nitrogen and oxygen atoms in total. The number of hydrogen-bond donors (Lipinski definition) is 0. The quantitative estimate of drug-likeness (QED) is 0.247. The van der Waals surface area contributed by atoms with Crippen molar-refractivity contribution in [2.75, 3.05) is 6.61 Å². The van der Waals surface area contributed by atoms with Crippen molar-refractivity contribution in [3.8, 4) is 22.9 Å². The number of benzene rings is 1. The van der Waals surface area contributed by atoms with E-state index in [1.165, 1.54) is 32.1 Å². The fraction of sp³-hybridized carbons (Fsp3) is 0.381. The zero-order valence-corrected chi connectivity index (χ0v) is 15.3. The maximum atomic E-state index is 11.2. The Labute approximate surface area is 155 Å². The van der Waals surface area contributed by atoms with Gasteiger partial charge in [-0.3, -0.25) is 0 Å². The van der Waals surface area contributed by atoms with Crippen LogP contribution < -0.4 is 9.47 Å². The van der Waals surface area contributed by atoms with Crippen molar-refractivity contribution in [1.82, 2.24) is 9.97 Å². The van der Waals surface area contributed by atoms with Crippen LogP contribution in [0, 0.1) is 0 Å². The van der Waals surface area contributed by atoms with Gasteiger partial charge in [0, 0.05) is 11.6 Å². The Hall–Kier alpha value is -2.69. The van der Waals surface area contributed by atoms with E-state index in [4.69, 9.17) is 9.47 Å². The molecule has 0 spiro atoms. The average Bonchev–Trinajstić information content (AvgIpc) is 2.68. The number of unbranched alkanes of at least 4 members (excludes halogenated alkanes) is 5. The summed E-state index contributed by atoms with van der Waals surface area (Å²) in [5.41, 5.74) is 0.839. The minimum Gasteiger partial charge on any atom is -0.490 e. The van der Waals surface area contributed by atoms with Gasteiger partial charge in [0.15, 0.2) is 11.6 Å². The molecule has 0 saturated heterocycles. The lowest BCUT2D eigenvalue weighted by molar-refractivity contribution is -0.128. The second-order valence-electron chi connectivity index (χ2n) is 6.01. The normalized spacial score (nSPS) is 10.3. The van der Waals surface area contributed by atoms with Gasteiger partial charge < -0.3 is 9.47 Å². The lowest BCUT2D eigenvalue weighted by Gasteiger charge is -2.07. The van der Waals surface area contributed by atoms with Crippen LogP contribution in [-0.2, 0) is 4.79 Å². The first-order chi connectivity index (χ1) is 12.7. The third-order valence-corrected chi connectivity index (χ3v) is 3.89. The number of hydrogen-bond acceptors (Lipinski definition) is 5. The summed E-state index contributed by atoms with van der Waals surface area (Å²) in [6.45, 7) is 6.28. The second kappa shape index (κ2) is 11.0. The Kier molecular flexibility index (Phi) is 8.33. The van der Waals surface area contributed by atoms with Crippen LogP contribution in [0.4, 0.5) is 0 Å². The maximum Gasteiger partial charge on any atom is 0.335 e. The van der Waals surface area contributed by atoms with Gasteiger partial charge in [0.25, 0.3) is 0 Å². The van der Waals surface area contributed by atoms with E-state index in [0.29, 0.717) is 23.9 Å². The summed E-state index contributed by atoms with van der Waals surface area (Å²) >= 11 is 0. The monoisotopic (exact) mass is 354 g/mol. The number of carbonyl (C=O) groups is 1. The van der Waals surface area contributed by atoms with E-state index >= 15 is 0 Å². The van der Waals surface area contributed by atoms with Crippen LogP contribution in [0.5, 0.6) is 11.5 Å². The molecular formula is C21H26N2O3. The van der Waals surface area contributed by atoms with Crippen molar-refractivity contribution < 1.29 is 14.3 Å². The molecule has 26 heavy (non-hydrogen) atoms. The summed E-state index contributed by atoms with van der Waals surface area (Å²) in [4.78, 5) is 19.8. The Bertz CT molecular complexity index is 681. The summed E-state index contributed by atoms with van der Waals surface area (Å²) in [5, 5.41) is 0. The van der Waals surface area contributed by atoms with E-state index in [-0.39, 0.29) is 0 Å². The highest BCUT2D eigenvalue weighted by Gasteiger charge is 2.04. The molecule has 2 rings (SSSR count). The molecule has 1 aromatic heterocycles. The average molecular weight is 354 g/mol. The van der Waals surface area contributed by atoms with Crippen LogP contribution in [0.15, 0.2) is 49.3 Å². The number of carbonyl (C=O) groups excluding carboxylic acids is 1. The van der Waals surface area contributed by atoms with Crippen LogP contribution in [0.1, 0.15) is 45.4 Å². The molecule has 0 aliphatic heterocycles. The van der Waals surface area contributed by atoms with E-state index < -0.39 is 5.97 Å². The second-order valence-corrected chi connectivity index (χ2v) is 6.01. The molecule has 0 fully saturated rings. The Morgan fingerprint density at radius 2 is 1.65 bits per heavy atom. The lowest BCUT2D eigenvalue weighted by atomic mass is 10.1. The van der Waals surface area contributed by atoms with E-state index in [9.17, 15) is 4.79 Å². The van der Waals surface area contributed by atoms with Crippen LogP contribution >= 0.6 is 0 Å². The smallest absolute Gasteiger partial charge is 0.335 e. The highest BCUT2D eigenvalue weighted by atomic mass is 16.5. The molecule has 0 amide bonds. The van der Waals surface area contributed by atoms with Crippen molar-refractivity contribution >= 4 is 5.97 Å². The highest BCUT2D eigenvalue weighted by Crippen LogP contribution is 2.20. The Balaban J connectivity index is 1.79. The largest absolute Gasteiger partial charge is 0.490 e. The van der Waals surface area contributed by atoms with Gasteiger partial charge >= 0.3 is 5.97 Å². The third kappa shape index (κ3) is 6.67. The zero-order chi connectivity index (χ0) is 18.6. The number of aromatic nitrogens is 2. The van der Waals surface area contributed by atoms with Crippen molar-refractivity contribution in [1.29, 1.82) is 0 Å². The van der Waals surface area contributed by atoms with Crippen molar-refractivity contribution in [2.24, 2.45) is 0 Å². The van der Waals surface area contributed by atoms with Crippen LogP contribution in [0.25, 0.3) is 11.4 Å². The van der Waals surface area contributed by atoms with Gasteiger partial charge in [-0.05, 0) is 30.7 Å². The summed E-state index contributed by atoms with van der Waals surface area (Å²) in [6, 6.07) is 7.00. The van der Waals surface area contributed by atoms with Gasteiger partial charge in [0.1, 0.15) is 5.75 Å². The van der Waals surface area contributed by atoms with Gasteiger partial charge in [-0.25, -0.2) is 14.8 Å². The van der Waals surface area contributed by atoms with Crippen molar-refractivity contribution in [2.45, 2.75) is 45.4 Å². The maximum absolute atomic E-state index is 11.2. The number of nitrogens with zero attached hydrogens (tertiary/aromatic N) is 2. The molecule has 0 N–H and O–H groups in total. The topological polar surface area (TPSA) is 61.3 Å². The van der Waals surface area contributed by atoms with E-state index in [1.54, 1.807) is 36.7 Å². The van der Waals surface area contributed by atoms with Gasteiger partial charge in [0.05, 0.1) is 19.0 Å². The molecule has 0 unspecified atom stereocenters. The number of rotatable bonds is 11. The molecule has 0 aliphatic carbocycles. The molecule has 138 valence electrons. The van der Waals surface area contributed by atoms with E-state index in [0.717, 1.165) is 18.1 Å². The zero-order valence-electron chi connectivity index (χ0n) is 15.3. The van der Waals surface area contributed by atoms with Gasteiger partial charge in [-0.1, -0.05) is 45.6 Å². The van der Waals surface area contributed by atoms with E-state index in [2.05, 4.69) is 23.5 Å². The molecule has 0 atom stereocenters. The standard InChI is InChI=1S/C21H26N2O3/c1-3-5-6-7-8-9-14-25-19-15-22-21(23-16-19)17-10-12-18(13-11-17)26-20(24)4-2/h4,10-13,15-16H,2-3,5-9,14H2,1H3. The third-order valence-electron chi connectivity index (χ3n) is 3.89. The minimum atomic E-state index is -0.485. The first-order valence-corrected chi connectivity index (χ1v) is 9.12. The number of esters is 1. The van der Waals surface area contributed by atoms with Crippen molar-refractivity contribution in [3.63, 3.8) is 0 Å². The first-order valence-electron chi connectivity index (χ1n) is 9.12. The molecule has 1 aromatic carbocycles. The number of ether oxygens (including phenoxy) is 2. The first kappa shape index (κ1) is 19.6. The fourth-order valence-electron chi connectivity index (χ4n) is 2.44. The molecule has 0 radical (unpaired) electrons. The van der Waals surface area contributed by atoms with Gasteiger partial charge in [0.2, 0.25) is 0 Å². The molecule has 0 bridgehead atoms. The molecular weight excluding hydrogens is 328 g/mol. The molecule has 5 heteroatoms. The summed E-state index contributed by atoms with van der Waals surface area (Å²) < 4.78 is 10.7. The predicted octanol–water partition coefficient (Wildman–Crippen LogP) is 4.97. The van der Waals surface area contributed by atoms with Crippen LogP contribution in [0.3, 0.4) is 0 Å². The van der Waals surface area contributed by atoms with E-state index in [1.807, 2.05) is 0 Å². The SMILES string of the molecule is C=CC(=O)Oc1ccc(-c2ncc(OCCCCCCCC)cn2)cc1. The summed E-state index contributed by atoms with van der Waals surface area (Å²) in [7, 11) is 0. The molecule has 0 saturated carbocycles. The lowest BCUT2D eigenvalue weighted by Crippen LogP contribution is -2.02. The molecule has 1 heterocycles. The summed E-state index contributed by atoms with van der Waals surface area (Å²) in [6.07, 6.45) is 11.9. The Morgan fingerprint density at radius 3 is 2.31 bits per heavy atom. The summed E-state index contributed by atoms with van der Waals surface area (Å²) in [5.74, 6) is 1.25.